The number of nitrogens with one attached hydrogen (secondary N) is 1. The Labute approximate surface area is 160 Å². The number of hydrogen-bond donors (Lipinski definition) is 1. The predicted octanol–water partition coefficient (Wildman–Crippen LogP) is 6.24. The lowest BCUT2D eigenvalue weighted by molar-refractivity contribution is 0.208. The van der Waals surface area contributed by atoms with Gasteiger partial charge in [0, 0.05) is 23.2 Å². The zero-order chi connectivity index (χ0) is 18.4. The molecule has 3 nitrogen and oxygen atoms in total. The number of rotatable bonds is 6. The van der Waals surface area contributed by atoms with E-state index in [0.29, 0.717) is 18.4 Å². The van der Waals surface area contributed by atoms with E-state index >= 15 is 0 Å². The lowest BCUT2D eigenvalue weighted by atomic mass is 9.85. The normalized spacial score (nSPS) is 17.2. The van der Waals surface area contributed by atoms with Crippen LogP contribution in [-0.4, -0.2) is 24.0 Å². The third-order valence-electron chi connectivity index (χ3n) is 4.56. The van der Waals surface area contributed by atoms with Gasteiger partial charge in [0.2, 0.25) is 0 Å². The zero-order valence-corrected chi connectivity index (χ0v) is 17.1. The smallest absolute Gasteiger partial charge is 0.320 e. The molecule has 0 bridgehead atoms. The van der Waals surface area contributed by atoms with Crippen molar-refractivity contribution in [1.29, 1.82) is 0 Å². The van der Waals surface area contributed by atoms with Gasteiger partial charge < -0.3 is 10.2 Å². The number of nitrogens with zero attached hydrogens (tertiary/aromatic N) is 1. The van der Waals surface area contributed by atoms with Crippen molar-refractivity contribution in [2.45, 2.75) is 40.0 Å². The summed E-state index contributed by atoms with van der Waals surface area (Å²) in [5, 5.41) is 3.02. The first-order valence-corrected chi connectivity index (χ1v) is 9.79. The zero-order valence-electron chi connectivity index (χ0n) is 15.5. The minimum Gasteiger partial charge on any atom is -0.320 e. The minimum atomic E-state index is -0.0288. The highest BCUT2D eigenvalue weighted by Gasteiger charge is 2.20. The molecule has 1 unspecified atom stereocenters. The van der Waals surface area contributed by atoms with Gasteiger partial charge in [-0.15, -0.1) is 0 Å². The molecule has 0 spiro atoms. The molecule has 0 fully saturated rings. The van der Waals surface area contributed by atoms with Crippen LogP contribution < -0.4 is 5.32 Å². The lowest BCUT2D eigenvalue weighted by Gasteiger charge is -2.29. The molecule has 136 valence electrons. The third kappa shape index (κ3) is 6.35. The van der Waals surface area contributed by atoms with Gasteiger partial charge in [0.25, 0.3) is 0 Å². The minimum absolute atomic E-state index is 0.0288. The number of urea groups is 1. The Morgan fingerprint density at radius 2 is 2.04 bits per heavy atom. The molecule has 2 rings (SSSR count). The van der Waals surface area contributed by atoms with Gasteiger partial charge in [-0.05, 0) is 62.3 Å². The average molecular weight is 405 g/mol. The molecular formula is C21H29BrN2O. The Kier molecular flexibility index (Phi) is 7.30. The summed E-state index contributed by atoms with van der Waals surface area (Å²) in [6.45, 7) is 11.9. The molecule has 4 heteroatoms. The van der Waals surface area contributed by atoms with Crippen molar-refractivity contribution < 1.29 is 4.79 Å². The number of carbonyl (C=O) groups is 1. The van der Waals surface area contributed by atoms with Crippen molar-refractivity contribution in [2.75, 3.05) is 18.4 Å². The molecule has 1 atom stereocenters. The van der Waals surface area contributed by atoms with Crippen LogP contribution >= 0.6 is 15.9 Å². The number of halogens is 1. The van der Waals surface area contributed by atoms with E-state index in [4.69, 9.17) is 0 Å². The van der Waals surface area contributed by atoms with Crippen LogP contribution in [0.1, 0.15) is 40.0 Å². The molecule has 25 heavy (non-hydrogen) atoms. The summed E-state index contributed by atoms with van der Waals surface area (Å²) >= 11 is 3.42. The fourth-order valence-corrected chi connectivity index (χ4v) is 3.38. The summed E-state index contributed by atoms with van der Waals surface area (Å²) in [6.07, 6.45) is 5.56. The van der Waals surface area contributed by atoms with E-state index in [9.17, 15) is 4.79 Å². The number of carbonyl (C=O) groups excluding carboxylic acids is 1. The summed E-state index contributed by atoms with van der Waals surface area (Å²) in [4.78, 5) is 14.7. The molecule has 0 aromatic heterocycles. The van der Waals surface area contributed by atoms with E-state index in [2.05, 4.69) is 54.7 Å². The quantitative estimate of drug-likeness (QED) is 0.558. The highest BCUT2D eigenvalue weighted by atomic mass is 79.9. The lowest BCUT2D eigenvalue weighted by Crippen LogP contribution is -2.39. The molecule has 0 aliphatic heterocycles. The second-order valence-corrected chi connectivity index (χ2v) is 8.31. The van der Waals surface area contributed by atoms with Gasteiger partial charge in [-0.25, -0.2) is 4.79 Å². The first kappa shape index (κ1) is 19.8. The van der Waals surface area contributed by atoms with Gasteiger partial charge in [-0.3, -0.25) is 0 Å². The van der Waals surface area contributed by atoms with Gasteiger partial charge >= 0.3 is 6.03 Å². The van der Waals surface area contributed by atoms with Crippen LogP contribution in [0, 0.1) is 11.8 Å². The number of amides is 2. The van der Waals surface area contributed by atoms with Crippen molar-refractivity contribution >= 4 is 27.6 Å². The number of benzene rings is 1. The van der Waals surface area contributed by atoms with Gasteiger partial charge in [0.1, 0.15) is 0 Å². The molecule has 0 heterocycles. The fraction of sp³-hybridized carbons (Fsp3) is 0.476. The van der Waals surface area contributed by atoms with Crippen LogP contribution in [0.15, 0.2) is 52.5 Å². The number of allylic oxidation sites excluding steroid dienone is 2. The van der Waals surface area contributed by atoms with Crippen molar-refractivity contribution in [2.24, 2.45) is 11.8 Å². The standard InChI is InChI=1S/C21H29BrN2O/c1-15(2)13-24(14-17-5-7-18(8-6-17)16(3)4)21(25)23-20-11-9-19(22)10-12-20/h5,9-12,15,18H,3,6-8,13-14H2,1-2,4H3,(H,23,25). The molecule has 1 aliphatic carbocycles. The molecule has 0 saturated heterocycles. The van der Waals surface area contributed by atoms with Crippen LogP contribution in [0.3, 0.4) is 0 Å². The summed E-state index contributed by atoms with van der Waals surface area (Å²) in [5.74, 6) is 1.03. The Hall–Kier alpha value is -1.55. The van der Waals surface area contributed by atoms with E-state index < -0.39 is 0 Å². The first-order chi connectivity index (χ1) is 11.8. The van der Waals surface area contributed by atoms with Gasteiger partial charge in [-0.2, -0.15) is 0 Å². The van der Waals surface area contributed by atoms with E-state index in [1.165, 1.54) is 11.1 Å². The highest BCUT2D eigenvalue weighted by molar-refractivity contribution is 9.10. The third-order valence-corrected chi connectivity index (χ3v) is 5.09. The maximum Gasteiger partial charge on any atom is 0.322 e. The monoisotopic (exact) mass is 404 g/mol. The second-order valence-electron chi connectivity index (χ2n) is 7.39. The van der Waals surface area contributed by atoms with Crippen molar-refractivity contribution in [3.8, 4) is 0 Å². The Bertz CT molecular complexity index is 634. The molecule has 2 amide bonds. The maximum absolute atomic E-state index is 12.7. The highest BCUT2D eigenvalue weighted by Crippen LogP contribution is 2.28. The van der Waals surface area contributed by atoms with Crippen molar-refractivity contribution in [3.05, 3.63) is 52.5 Å². The van der Waals surface area contributed by atoms with Gasteiger partial charge in [-0.1, -0.05) is 53.6 Å². The van der Waals surface area contributed by atoms with Gasteiger partial charge in [0.15, 0.2) is 0 Å². The Balaban J connectivity index is 2.01. The maximum atomic E-state index is 12.7. The summed E-state index contributed by atoms with van der Waals surface area (Å²) in [7, 11) is 0. The molecule has 1 aliphatic rings. The Morgan fingerprint density at radius 1 is 1.36 bits per heavy atom. The van der Waals surface area contributed by atoms with Crippen molar-refractivity contribution in [3.63, 3.8) is 0 Å². The largest absolute Gasteiger partial charge is 0.322 e. The van der Waals surface area contributed by atoms with Crippen LogP contribution in [0.2, 0.25) is 0 Å². The molecule has 1 aromatic rings. The van der Waals surface area contributed by atoms with Crippen LogP contribution in [0.5, 0.6) is 0 Å². The number of hydrogen-bond acceptors (Lipinski definition) is 1. The molecule has 0 saturated carbocycles. The van der Waals surface area contributed by atoms with E-state index in [1.54, 1.807) is 0 Å². The summed E-state index contributed by atoms with van der Waals surface area (Å²) in [5.41, 5.74) is 3.45. The van der Waals surface area contributed by atoms with E-state index in [0.717, 1.165) is 36.0 Å². The topological polar surface area (TPSA) is 32.3 Å². The summed E-state index contributed by atoms with van der Waals surface area (Å²) in [6, 6.07) is 7.66. The molecule has 0 radical (unpaired) electrons. The average Bonchev–Trinajstić information content (AvgIpc) is 2.56. The number of anilines is 1. The first-order valence-electron chi connectivity index (χ1n) is 9.00. The molecule has 1 N–H and O–H groups in total. The van der Waals surface area contributed by atoms with Crippen LogP contribution in [0.25, 0.3) is 0 Å². The summed E-state index contributed by atoms with van der Waals surface area (Å²) < 4.78 is 1.00. The van der Waals surface area contributed by atoms with Gasteiger partial charge in [0.05, 0.1) is 0 Å². The SMILES string of the molecule is C=C(C)C1CC=C(CN(CC(C)C)C(=O)Nc2ccc(Br)cc2)CC1. The van der Waals surface area contributed by atoms with E-state index in [-0.39, 0.29) is 6.03 Å². The fourth-order valence-electron chi connectivity index (χ4n) is 3.12. The molecular weight excluding hydrogens is 376 g/mol. The van der Waals surface area contributed by atoms with Crippen molar-refractivity contribution in [1.82, 2.24) is 4.90 Å². The Morgan fingerprint density at radius 3 is 2.56 bits per heavy atom. The predicted molar refractivity (Wildman–Crippen MR) is 110 cm³/mol. The van der Waals surface area contributed by atoms with Crippen LogP contribution in [-0.2, 0) is 0 Å². The second kappa shape index (κ2) is 9.23. The molecule has 1 aromatic carbocycles. The van der Waals surface area contributed by atoms with Crippen LogP contribution in [0.4, 0.5) is 10.5 Å². The van der Waals surface area contributed by atoms with E-state index in [1.807, 2.05) is 29.2 Å².